The molecule has 8 heteroatoms. The molecule has 3 aromatic carbocycles. The van der Waals surface area contributed by atoms with E-state index in [1.807, 2.05) is 60.7 Å². The van der Waals surface area contributed by atoms with Gasteiger partial charge in [0.05, 0.1) is 0 Å². The van der Waals surface area contributed by atoms with E-state index in [-0.39, 0.29) is 22.8 Å². The number of fused-ring (bicyclic) bond motifs is 1. The van der Waals surface area contributed by atoms with Crippen LogP contribution in [0.25, 0.3) is 0 Å². The average molecular weight is 501 g/mol. The van der Waals surface area contributed by atoms with Gasteiger partial charge < -0.3 is 9.47 Å². The molecule has 36 heavy (non-hydrogen) atoms. The molecule has 0 bridgehead atoms. The largest absolute Gasteiger partial charge is 0.448 e. The number of thioether (sulfide) groups is 1. The number of nitrogens with two attached hydrogens (primary N) is 1. The van der Waals surface area contributed by atoms with E-state index >= 15 is 0 Å². The van der Waals surface area contributed by atoms with Crippen LogP contribution in [-0.2, 0) is 19.1 Å². The highest BCUT2D eigenvalue weighted by atomic mass is 32.2. The summed E-state index contributed by atoms with van der Waals surface area (Å²) in [6, 6.07) is 27.3. The molecule has 0 spiro atoms. The lowest BCUT2D eigenvalue weighted by molar-refractivity contribution is -0.183. The molecular formula is C28H24N2O5S. The predicted molar refractivity (Wildman–Crippen MR) is 136 cm³/mol. The highest BCUT2D eigenvalue weighted by molar-refractivity contribution is 8.00. The number of ketones is 1. The molecule has 1 fully saturated rings. The van der Waals surface area contributed by atoms with Gasteiger partial charge in [-0.15, -0.1) is 11.8 Å². The Hall–Kier alpha value is -3.72. The number of esters is 1. The van der Waals surface area contributed by atoms with Gasteiger partial charge in [0.1, 0.15) is 11.1 Å². The molecule has 2 atom stereocenters. The number of ether oxygens (including phenoxy) is 2. The second-order valence-corrected chi connectivity index (χ2v) is 9.53. The van der Waals surface area contributed by atoms with Crippen molar-refractivity contribution in [3.05, 3.63) is 119 Å². The van der Waals surface area contributed by atoms with E-state index in [0.29, 0.717) is 5.56 Å². The first kappa shape index (κ1) is 24.0. The lowest BCUT2D eigenvalue weighted by Gasteiger charge is -2.54. The van der Waals surface area contributed by atoms with Crippen molar-refractivity contribution in [3.63, 3.8) is 0 Å². The van der Waals surface area contributed by atoms with Gasteiger partial charge in [0.2, 0.25) is 5.72 Å². The number of carbonyl (C=O) groups excluding carboxylic acids is 3. The Morgan fingerprint density at radius 3 is 2.00 bits per heavy atom. The van der Waals surface area contributed by atoms with Crippen LogP contribution in [0.4, 0.5) is 0 Å². The molecule has 1 saturated heterocycles. The molecule has 0 aromatic heterocycles. The van der Waals surface area contributed by atoms with Crippen LogP contribution in [0.5, 0.6) is 0 Å². The summed E-state index contributed by atoms with van der Waals surface area (Å²) in [7, 11) is 1.35. The van der Waals surface area contributed by atoms with Crippen molar-refractivity contribution in [2.45, 2.75) is 17.2 Å². The van der Waals surface area contributed by atoms with Gasteiger partial charge in [0.15, 0.2) is 11.9 Å². The van der Waals surface area contributed by atoms with E-state index in [1.54, 1.807) is 30.3 Å². The molecule has 7 nitrogen and oxygen atoms in total. The summed E-state index contributed by atoms with van der Waals surface area (Å²) in [5.41, 5.74) is 6.65. The zero-order chi connectivity index (χ0) is 25.3. The summed E-state index contributed by atoms with van der Waals surface area (Å²) in [5.74, 6) is -1.53. The van der Waals surface area contributed by atoms with Gasteiger partial charge in [-0.05, 0) is 11.1 Å². The van der Waals surface area contributed by atoms with Crippen LogP contribution in [0.15, 0.2) is 102 Å². The first-order chi connectivity index (χ1) is 17.5. The number of rotatable bonds is 7. The van der Waals surface area contributed by atoms with Gasteiger partial charge in [-0.1, -0.05) is 91.0 Å². The Morgan fingerprint density at radius 2 is 1.47 bits per heavy atom. The lowest BCUT2D eigenvalue weighted by Crippen LogP contribution is -2.78. The van der Waals surface area contributed by atoms with Crippen LogP contribution >= 0.6 is 11.8 Å². The minimum atomic E-state index is -1.57. The number of carbonyl (C=O) groups is 3. The molecule has 0 aliphatic carbocycles. The van der Waals surface area contributed by atoms with Crippen LogP contribution in [0.1, 0.15) is 27.6 Å². The smallest absolute Gasteiger partial charge is 0.356 e. The minimum absolute atomic E-state index is 0.0902. The van der Waals surface area contributed by atoms with Crippen LogP contribution in [-0.4, -0.2) is 46.5 Å². The third-order valence-electron chi connectivity index (χ3n) is 6.34. The van der Waals surface area contributed by atoms with E-state index in [2.05, 4.69) is 0 Å². The highest BCUT2D eigenvalue weighted by Gasteiger charge is 2.64. The van der Waals surface area contributed by atoms with Crippen molar-refractivity contribution < 1.29 is 23.9 Å². The molecule has 5 rings (SSSR count). The summed E-state index contributed by atoms with van der Waals surface area (Å²) in [4.78, 5) is 41.6. The molecule has 1 unspecified atom stereocenters. The van der Waals surface area contributed by atoms with Gasteiger partial charge in [-0.3, -0.25) is 20.2 Å². The molecule has 182 valence electrons. The van der Waals surface area contributed by atoms with E-state index in [0.717, 1.165) is 11.1 Å². The fraction of sp³-hybridized carbons (Fsp3) is 0.179. The van der Waals surface area contributed by atoms with Crippen molar-refractivity contribution in [3.8, 4) is 0 Å². The van der Waals surface area contributed by atoms with Gasteiger partial charge in [0, 0.05) is 24.0 Å². The maximum absolute atomic E-state index is 13.8. The number of β-lactam (4-membered cyclic amide) rings is 1. The SMILES string of the molecule is COC1(N)C(=O)N2C(C(=O)OC(c3ccccc3)c3ccccc3)=C(C(=O)c3ccccc3)CS[C@H]21. The van der Waals surface area contributed by atoms with Crippen molar-refractivity contribution in [2.75, 3.05) is 12.9 Å². The standard InChI is InChI=1S/C28H24N2O5S/c1-34-28(29)26(33)30-22(21(17-36-27(28)30)23(31)18-11-5-2-6-12-18)25(32)35-24(19-13-7-3-8-14-19)20-15-9-4-10-16-20/h2-16,24,27H,17,29H2,1H3/t27-,28?/m0/s1. The number of methoxy groups -OCH3 is 1. The van der Waals surface area contributed by atoms with Gasteiger partial charge in [-0.2, -0.15) is 0 Å². The third kappa shape index (κ3) is 4.03. The monoisotopic (exact) mass is 500 g/mol. The van der Waals surface area contributed by atoms with Crippen LogP contribution in [0.3, 0.4) is 0 Å². The molecule has 2 aliphatic rings. The topological polar surface area (TPSA) is 98.9 Å². The van der Waals surface area contributed by atoms with E-state index < -0.39 is 29.1 Å². The Kier molecular flexibility index (Phi) is 6.49. The van der Waals surface area contributed by atoms with Crippen molar-refractivity contribution in [1.29, 1.82) is 0 Å². The summed E-state index contributed by atoms with van der Waals surface area (Å²) < 4.78 is 11.3. The second kappa shape index (κ2) is 9.73. The summed E-state index contributed by atoms with van der Waals surface area (Å²) >= 11 is 1.28. The first-order valence-electron chi connectivity index (χ1n) is 11.4. The minimum Gasteiger partial charge on any atom is -0.448 e. The van der Waals surface area contributed by atoms with E-state index in [9.17, 15) is 14.4 Å². The molecule has 2 N–H and O–H groups in total. The lowest BCUT2D eigenvalue weighted by atomic mass is 9.96. The Bertz CT molecular complexity index is 1290. The van der Waals surface area contributed by atoms with Gasteiger partial charge in [-0.25, -0.2) is 4.79 Å². The summed E-state index contributed by atoms with van der Waals surface area (Å²) in [6.07, 6.45) is -0.741. The van der Waals surface area contributed by atoms with E-state index in [4.69, 9.17) is 15.2 Å². The van der Waals surface area contributed by atoms with Crippen LogP contribution < -0.4 is 5.73 Å². The Balaban J connectivity index is 1.57. The van der Waals surface area contributed by atoms with E-state index in [1.165, 1.54) is 23.8 Å². The molecule has 0 saturated carbocycles. The first-order valence-corrected chi connectivity index (χ1v) is 12.4. The quantitative estimate of drug-likeness (QED) is 0.229. The van der Waals surface area contributed by atoms with Crippen molar-refractivity contribution in [2.24, 2.45) is 5.73 Å². The maximum atomic E-state index is 13.8. The number of hydrogen-bond donors (Lipinski definition) is 1. The fourth-order valence-electron chi connectivity index (χ4n) is 4.41. The molecule has 2 aliphatic heterocycles. The maximum Gasteiger partial charge on any atom is 0.356 e. The normalized spacial score (nSPS) is 21.1. The number of hydrogen-bond acceptors (Lipinski definition) is 7. The zero-order valence-electron chi connectivity index (χ0n) is 19.5. The molecule has 2 heterocycles. The number of amides is 1. The zero-order valence-corrected chi connectivity index (χ0v) is 20.3. The fourth-order valence-corrected chi connectivity index (χ4v) is 5.80. The van der Waals surface area contributed by atoms with Crippen LogP contribution in [0.2, 0.25) is 0 Å². The predicted octanol–water partition coefficient (Wildman–Crippen LogP) is 3.67. The molecular weight excluding hydrogens is 476 g/mol. The molecule has 3 aromatic rings. The van der Waals surface area contributed by atoms with Crippen LogP contribution in [0, 0.1) is 0 Å². The number of nitrogens with zero attached hydrogens (tertiary/aromatic N) is 1. The third-order valence-corrected chi connectivity index (χ3v) is 7.67. The summed E-state index contributed by atoms with van der Waals surface area (Å²) in [5, 5.41) is -0.656. The second-order valence-electron chi connectivity index (χ2n) is 8.46. The molecule has 1 amide bonds. The highest BCUT2D eigenvalue weighted by Crippen LogP contribution is 2.46. The van der Waals surface area contributed by atoms with Crippen molar-refractivity contribution >= 4 is 29.4 Å². The number of Topliss-reactive ketones (excluding diaryl/α,β-unsaturated/α-hetero) is 1. The van der Waals surface area contributed by atoms with Gasteiger partial charge in [0.25, 0.3) is 5.91 Å². The van der Waals surface area contributed by atoms with Gasteiger partial charge >= 0.3 is 5.97 Å². The summed E-state index contributed by atoms with van der Waals surface area (Å²) in [6.45, 7) is 0. The molecule has 0 radical (unpaired) electrons. The average Bonchev–Trinajstić information content (AvgIpc) is 2.95. The number of benzene rings is 3. The Morgan fingerprint density at radius 1 is 0.944 bits per heavy atom. The van der Waals surface area contributed by atoms with Crippen molar-refractivity contribution in [1.82, 2.24) is 4.90 Å². The Labute approximate surface area is 212 Å².